The maximum atomic E-state index is 11.0. The summed E-state index contributed by atoms with van der Waals surface area (Å²) in [6, 6.07) is 3.05. The molecule has 1 aliphatic rings. The van der Waals surface area contributed by atoms with E-state index in [1.807, 2.05) is 13.8 Å². The fourth-order valence-electron chi connectivity index (χ4n) is 2.14. The minimum atomic E-state index is -0.662. The zero-order valence-electron chi connectivity index (χ0n) is 11.8. The first kappa shape index (κ1) is 15.2. The number of nitrogens with zero attached hydrogens (tertiary/aromatic N) is 3. The molecule has 0 saturated carbocycles. The number of aromatic nitrogens is 1. The molecule has 1 aromatic heterocycles. The summed E-state index contributed by atoms with van der Waals surface area (Å²) in [5.74, 6) is -0.161. The average Bonchev–Trinajstić information content (AvgIpc) is 2.43. The molecule has 0 spiro atoms. The lowest BCUT2D eigenvalue weighted by Crippen LogP contribution is -2.52. The largest absolute Gasteiger partial charge is 0.470 e. The Morgan fingerprint density at radius 1 is 1.71 bits per heavy atom. The molecule has 1 unspecified atom stereocenters. The van der Waals surface area contributed by atoms with Crippen molar-refractivity contribution in [3.8, 4) is 11.9 Å². The fraction of sp³-hybridized carbons (Fsp3) is 0.538. The molecule has 0 bridgehead atoms. The zero-order chi connectivity index (χ0) is 15.5. The van der Waals surface area contributed by atoms with Gasteiger partial charge in [-0.1, -0.05) is 0 Å². The number of hydrogen-bond donors (Lipinski definition) is 1. The first-order valence-electron chi connectivity index (χ1n) is 6.48. The van der Waals surface area contributed by atoms with Crippen LogP contribution in [0, 0.1) is 21.4 Å². The molecule has 112 valence electrons. The number of morpholine rings is 1. The second-order valence-electron chi connectivity index (χ2n) is 5.32. The quantitative estimate of drug-likeness (QED) is 0.651. The fourth-order valence-corrected chi connectivity index (χ4v) is 2.14. The summed E-state index contributed by atoms with van der Waals surface area (Å²) in [5.41, 5.74) is -0.809. The van der Waals surface area contributed by atoms with Crippen molar-refractivity contribution in [3.63, 3.8) is 0 Å². The van der Waals surface area contributed by atoms with E-state index in [2.05, 4.69) is 10.3 Å². The molecule has 21 heavy (non-hydrogen) atoms. The SMILES string of the molecule is CC1(C)CNCC(COc2nccc(C#N)c2[N+](=O)[O-])O1. The molecule has 0 aromatic carbocycles. The summed E-state index contributed by atoms with van der Waals surface area (Å²) in [6.07, 6.45) is 1.08. The molecule has 1 N–H and O–H groups in total. The molecule has 0 amide bonds. The van der Waals surface area contributed by atoms with Gasteiger partial charge in [-0.15, -0.1) is 0 Å². The Morgan fingerprint density at radius 3 is 3.10 bits per heavy atom. The summed E-state index contributed by atoms with van der Waals surface area (Å²) in [5, 5.41) is 23.2. The molecule has 2 heterocycles. The van der Waals surface area contributed by atoms with Gasteiger partial charge in [0.2, 0.25) is 0 Å². The summed E-state index contributed by atoms with van der Waals surface area (Å²) < 4.78 is 11.2. The van der Waals surface area contributed by atoms with Crippen LogP contribution < -0.4 is 10.1 Å². The molecular weight excluding hydrogens is 276 g/mol. The van der Waals surface area contributed by atoms with Crippen LogP contribution in [-0.4, -0.2) is 41.3 Å². The third-order valence-corrected chi connectivity index (χ3v) is 3.01. The Balaban J connectivity index is 2.10. The van der Waals surface area contributed by atoms with E-state index in [4.69, 9.17) is 14.7 Å². The topological polar surface area (TPSA) is 110 Å². The van der Waals surface area contributed by atoms with Gasteiger partial charge in [-0.2, -0.15) is 5.26 Å². The molecular formula is C13H16N4O4. The maximum Gasteiger partial charge on any atom is 0.348 e. The van der Waals surface area contributed by atoms with E-state index in [0.29, 0.717) is 6.54 Å². The van der Waals surface area contributed by atoms with Crippen molar-refractivity contribution in [1.82, 2.24) is 10.3 Å². The first-order chi connectivity index (χ1) is 9.93. The number of nitrogens with one attached hydrogen (secondary N) is 1. The van der Waals surface area contributed by atoms with Crippen LogP contribution in [0.25, 0.3) is 0 Å². The van der Waals surface area contributed by atoms with Gasteiger partial charge in [0.25, 0.3) is 5.88 Å². The Bertz CT molecular complexity index is 582. The van der Waals surface area contributed by atoms with Gasteiger partial charge in [0.1, 0.15) is 24.3 Å². The smallest absolute Gasteiger partial charge is 0.348 e. The van der Waals surface area contributed by atoms with Crippen molar-refractivity contribution in [2.24, 2.45) is 0 Å². The van der Waals surface area contributed by atoms with Gasteiger partial charge in [-0.25, -0.2) is 4.98 Å². The van der Waals surface area contributed by atoms with Gasteiger partial charge in [-0.05, 0) is 19.9 Å². The summed E-state index contributed by atoms with van der Waals surface area (Å²) in [4.78, 5) is 14.2. The molecule has 1 saturated heterocycles. The minimum Gasteiger partial charge on any atom is -0.470 e. The molecule has 0 aliphatic carbocycles. The number of hydrogen-bond acceptors (Lipinski definition) is 7. The predicted molar refractivity (Wildman–Crippen MR) is 72.9 cm³/mol. The highest BCUT2D eigenvalue weighted by atomic mass is 16.6. The third kappa shape index (κ3) is 3.65. The highest BCUT2D eigenvalue weighted by molar-refractivity contribution is 5.54. The monoisotopic (exact) mass is 292 g/mol. The summed E-state index contributed by atoms with van der Waals surface area (Å²) in [6.45, 7) is 5.34. The molecule has 1 aromatic rings. The van der Waals surface area contributed by atoms with Crippen molar-refractivity contribution < 1.29 is 14.4 Å². The van der Waals surface area contributed by atoms with Crippen molar-refractivity contribution >= 4 is 5.69 Å². The molecule has 1 fully saturated rings. The maximum absolute atomic E-state index is 11.0. The average molecular weight is 292 g/mol. The molecule has 1 atom stereocenters. The van der Waals surface area contributed by atoms with Gasteiger partial charge >= 0.3 is 5.69 Å². The molecule has 1 aliphatic heterocycles. The van der Waals surface area contributed by atoms with Gasteiger partial charge in [-0.3, -0.25) is 10.1 Å². The normalized spacial score (nSPS) is 20.5. The zero-order valence-corrected chi connectivity index (χ0v) is 11.8. The Labute approximate surface area is 121 Å². The predicted octanol–water partition coefficient (Wildman–Crippen LogP) is 1.01. The highest BCUT2D eigenvalue weighted by Crippen LogP contribution is 2.28. The van der Waals surface area contributed by atoms with Gasteiger partial charge in [0.05, 0.1) is 10.5 Å². The number of nitro groups is 1. The summed E-state index contributed by atoms with van der Waals surface area (Å²) >= 11 is 0. The van der Waals surface area contributed by atoms with Gasteiger partial charge in [0.15, 0.2) is 0 Å². The van der Waals surface area contributed by atoms with E-state index >= 15 is 0 Å². The second kappa shape index (κ2) is 6.03. The summed E-state index contributed by atoms with van der Waals surface area (Å²) in [7, 11) is 0. The second-order valence-corrected chi connectivity index (χ2v) is 5.32. The molecule has 8 heteroatoms. The number of ether oxygens (including phenoxy) is 2. The van der Waals surface area contributed by atoms with E-state index in [0.717, 1.165) is 6.54 Å². The standard InChI is InChI=1S/C13H16N4O4/c1-13(2)8-15-6-10(21-13)7-20-12-11(17(18)19)9(5-14)3-4-16-12/h3-4,10,15H,6-8H2,1-2H3. The molecule has 2 rings (SSSR count). The van der Waals surface area contributed by atoms with E-state index in [1.165, 1.54) is 12.3 Å². The van der Waals surface area contributed by atoms with Crippen LogP contribution in [0.4, 0.5) is 5.69 Å². The number of pyridine rings is 1. The first-order valence-corrected chi connectivity index (χ1v) is 6.48. The number of nitriles is 1. The molecule has 8 nitrogen and oxygen atoms in total. The Hall–Kier alpha value is -2.24. The van der Waals surface area contributed by atoms with Crippen LogP contribution in [0.3, 0.4) is 0 Å². The van der Waals surface area contributed by atoms with Crippen LogP contribution in [-0.2, 0) is 4.74 Å². The number of rotatable bonds is 4. The lowest BCUT2D eigenvalue weighted by Gasteiger charge is -2.36. The van der Waals surface area contributed by atoms with Crippen LogP contribution >= 0.6 is 0 Å². The van der Waals surface area contributed by atoms with Crippen molar-refractivity contribution in [1.29, 1.82) is 5.26 Å². The van der Waals surface area contributed by atoms with Crippen LogP contribution in [0.15, 0.2) is 12.3 Å². The van der Waals surface area contributed by atoms with E-state index in [-0.39, 0.29) is 29.8 Å². The Morgan fingerprint density at radius 2 is 2.48 bits per heavy atom. The van der Waals surface area contributed by atoms with Crippen LogP contribution in [0.2, 0.25) is 0 Å². The Kier molecular flexibility index (Phi) is 4.35. The van der Waals surface area contributed by atoms with E-state index in [9.17, 15) is 10.1 Å². The van der Waals surface area contributed by atoms with Crippen LogP contribution in [0.5, 0.6) is 5.88 Å². The lowest BCUT2D eigenvalue weighted by molar-refractivity contribution is -0.386. The van der Waals surface area contributed by atoms with Gasteiger partial charge < -0.3 is 14.8 Å². The van der Waals surface area contributed by atoms with Gasteiger partial charge in [0, 0.05) is 19.3 Å². The third-order valence-electron chi connectivity index (χ3n) is 3.01. The van der Waals surface area contributed by atoms with E-state index < -0.39 is 10.6 Å². The van der Waals surface area contributed by atoms with Crippen molar-refractivity contribution in [2.75, 3.05) is 19.7 Å². The highest BCUT2D eigenvalue weighted by Gasteiger charge is 2.30. The van der Waals surface area contributed by atoms with Crippen molar-refractivity contribution in [2.45, 2.75) is 25.6 Å². The molecule has 0 radical (unpaired) electrons. The van der Waals surface area contributed by atoms with Crippen molar-refractivity contribution in [3.05, 3.63) is 27.9 Å². The van der Waals surface area contributed by atoms with Crippen LogP contribution in [0.1, 0.15) is 19.4 Å². The lowest BCUT2D eigenvalue weighted by atomic mass is 10.1. The minimum absolute atomic E-state index is 0.0759. The van der Waals surface area contributed by atoms with E-state index in [1.54, 1.807) is 6.07 Å².